The molecule has 0 rings (SSSR count). The molecule has 0 aromatic heterocycles. The number of carbonyl (C=O) groups is 2. The van der Waals surface area contributed by atoms with E-state index in [4.69, 9.17) is 4.79 Å². The highest BCUT2D eigenvalue weighted by Crippen LogP contribution is 1.83. The van der Waals surface area contributed by atoms with Gasteiger partial charge in [0.2, 0.25) is 0 Å². The first-order valence-corrected chi connectivity index (χ1v) is 3.25. The average Bonchev–Trinajstić information content (AvgIpc) is 1.88. The number of carbonyl (C=O) groups excluding carboxylic acids is 2. The van der Waals surface area contributed by atoms with Crippen molar-refractivity contribution in [2.45, 2.75) is 19.8 Å². The Morgan fingerprint density at radius 2 is 2.00 bits per heavy atom. The van der Waals surface area contributed by atoms with Gasteiger partial charge in [-0.25, -0.2) is 4.79 Å². The highest BCUT2D eigenvalue weighted by Gasteiger charge is 1.78. The summed E-state index contributed by atoms with van der Waals surface area (Å²) in [5.74, 6) is 0. The monoisotopic (exact) mass is 162 g/mol. The van der Waals surface area contributed by atoms with Crippen LogP contribution in [0.3, 0.4) is 0 Å². The molecule has 0 aliphatic heterocycles. The summed E-state index contributed by atoms with van der Waals surface area (Å²) < 4.78 is 4.39. The van der Waals surface area contributed by atoms with E-state index in [-0.39, 0.29) is 0 Å². The summed E-state index contributed by atoms with van der Waals surface area (Å²) in [5.41, 5.74) is 8.50. The molecule has 0 fully saturated rings. The molecule has 0 saturated carbocycles. The summed E-state index contributed by atoms with van der Waals surface area (Å²) in [4.78, 5) is 18.5. The van der Waals surface area contributed by atoms with Crippen LogP contribution in [0.1, 0.15) is 19.8 Å². The molecule has 2 amide bonds. The second kappa shape index (κ2) is 11.5. The molecule has 0 spiro atoms. The smallest absolute Gasteiger partial charge is 0.309 e. The van der Waals surface area contributed by atoms with Gasteiger partial charge >= 0.3 is 6.03 Å². The average molecular weight is 162 g/mol. The van der Waals surface area contributed by atoms with Gasteiger partial charge in [0.1, 0.15) is 0 Å². The minimum Gasteiger partial charge on any atom is -0.468 e. The molecule has 0 atom stereocenters. The lowest BCUT2D eigenvalue weighted by Crippen LogP contribution is -2.18. The van der Waals surface area contributed by atoms with Crippen LogP contribution in [0.4, 0.5) is 4.79 Å². The van der Waals surface area contributed by atoms with Crippen LogP contribution in [-0.2, 0) is 9.53 Å². The number of amides is 2. The van der Waals surface area contributed by atoms with Crippen LogP contribution in [0.15, 0.2) is 0 Å². The van der Waals surface area contributed by atoms with Crippen molar-refractivity contribution in [3.63, 3.8) is 0 Å². The molecule has 0 aliphatic rings. The zero-order chi connectivity index (χ0) is 9.11. The summed E-state index contributed by atoms with van der Waals surface area (Å²) in [5, 5.41) is 0. The van der Waals surface area contributed by atoms with Crippen LogP contribution in [0.25, 0.3) is 0 Å². The number of primary amides is 2. The third kappa shape index (κ3) is 52.9. The number of ether oxygens (including phenoxy) is 1. The Morgan fingerprint density at radius 3 is 2.27 bits per heavy atom. The van der Waals surface area contributed by atoms with Crippen molar-refractivity contribution in [2.75, 3.05) is 6.61 Å². The van der Waals surface area contributed by atoms with E-state index in [1.807, 2.05) is 6.92 Å². The Morgan fingerprint density at radius 1 is 1.55 bits per heavy atom. The van der Waals surface area contributed by atoms with Crippen LogP contribution < -0.4 is 11.5 Å². The zero-order valence-corrected chi connectivity index (χ0v) is 6.58. The fourth-order valence-corrected chi connectivity index (χ4v) is 0.276. The lowest BCUT2D eigenvalue weighted by Gasteiger charge is -1.90. The highest BCUT2D eigenvalue weighted by atomic mass is 16.5. The number of rotatable bonds is 4. The van der Waals surface area contributed by atoms with Crippen molar-refractivity contribution in [1.29, 1.82) is 0 Å². The van der Waals surface area contributed by atoms with Crippen LogP contribution in [0, 0.1) is 0 Å². The van der Waals surface area contributed by atoms with E-state index in [0.29, 0.717) is 13.1 Å². The third-order valence-corrected chi connectivity index (χ3v) is 0.684. The van der Waals surface area contributed by atoms with Gasteiger partial charge in [-0.2, -0.15) is 0 Å². The quantitative estimate of drug-likeness (QED) is 0.449. The second-order valence-corrected chi connectivity index (χ2v) is 1.72. The molecule has 66 valence electrons. The van der Waals surface area contributed by atoms with Gasteiger partial charge < -0.3 is 16.2 Å². The van der Waals surface area contributed by atoms with Crippen LogP contribution in [0.5, 0.6) is 0 Å². The maximum atomic E-state index is 9.46. The number of nitrogens with two attached hydrogens (primary N) is 2. The lowest BCUT2D eigenvalue weighted by atomic mass is 10.4. The highest BCUT2D eigenvalue weighted by molar-refractivity contribution is 5.69. The van der Waals surface area contributed by atoms with Crippen LogP contribution in [0.2, 0.25) is 0 Å². The van der Waals surface area contributed by atoms with Crippen molar-refractivity contribution in [3.8, 4) is 0 Å². The predicted molar refractivity (Wildman–Crippen MR) is 40.7 cm³/mol. The van der Waals surface area contributed by atoms with Gasteiger partial charge in [0.15, 0.2) is 0 Å². The van der Waals surface area contributed by atoms with Gasteiger partial charge in [-0.05, 0) is 6.42 Å². The van der Waals surface area contributed by atoms with Crippen molar-refractivity contribution in [2.24, 2.45) is 11.5 Å². The van der Waals surface area contributed by atoms with E-state index in [2.05, 4.69) is 16.2 Å². The Kier molecular flexibility index (Phi) is 13.0. The Bertz CT molecular complexity index is 102. The summed E-state index contributed by atoms with van der Waals surface area (Å²) in [6.45, 7) is 3.10. The second-order valence-electron chi connectivity index (χ2n) is 1.72. The SMILES string of the molecule is CCCCOC=O.NC(N)=O. The van der Waals surface area contributed by atoms with E-state index in [9.17, 15) is 4.79 Å². The van der Waals surface area contributed by atoms with E-state index in [1.54, 1.807) is 0 Å². The standard InChI is InChI=1S/C5H10O2.CH4N2O/c1-2-3-4-7-5-6;2-1(3)4/h5H,2-4H2,1H3;(H4,2,3,4). The molecule has 0 radical (unpaired) electrons. The maximum absolute atomic E-state index is 9.46. The van der Waals surface area contributed by atoms with E-state index >= 15 is 0 Å². The third-order valence-electron chi connectivity index (χ3n) is 0.684. The van der Waals surface area contributed by atoms with Crippen molar-refractivity contribution < 1.29 is 14.3 Å². The maximum Gasteiger partial charge on any atom is 0.309 e. The molecule has 0 aromatic carbocycles. The van der Waals surface area contributed by atoms with Gasteiger partial charge in [-0.1, -0.05) is 13.3 Å². The minimum atomic E-state index is -0.833. The molecule has 0 unspecified atom stereocenters. The summed E-state index contributed by atoms with van der Waals surface area (Å²) >= 11 is 0. The Labute approximate surface area is 65.7 Å². The van der Waals surface area contributed by atoms with Gasteiger partial charge in [-0.15, -0.1) is 0 Å². The van der Waals surface area contributed by atoms with Gasteiger partial charge in [0, 0.05) is 0 Å². The van der Waals surface area contributed by atoms with Crippen LogP contribution >= 0.6 is 0 Å². The molecule has 4 N–H and O–H groups in total. The molecule has 0 aromatic rings. The molecule has 0 saturated heterocycles. The molecule has 0 aliphatic carbocycles. The molecular weight excluding hydrogens is 148 g/mol. The molecule has 0 bridgehead atoms. The summed E-state index contributed by atoms with van der Waals surface area (Å²) in [6, 6.07) is -0.833. The van der Waals surface area contributed by atoms with Crippen molar-refractivity contribution >= 4 is 12.5 Å². The van der Waals surface area contributed by atoms with E-state index < -0.39 is 6.03 Å². The molecule has 11 heavy (non-hydrogen) atoms. The Hall–Kier alpha value is -1.26. The van der Waals surface area contributed by atoms with Gasteiger partial charge in [-0.3, -0.25) is 4.79 Å². The number of hydrogen-bond acceptors (Lipinski definition) is 3. The largest absolute Gasteiger partial charge is 0.468 e. The fraction of sp³-hybridized carbons (Fsp3) is 0.667. The van der Waals surface area contributed by atoms with Crippen LogP contribution in [-0.4, -0.2) is 19.1 Å². The molecule has 5 nitrogen and oxygen atoms in total. The van der Waals surface area contributed by atoms with Gasteiger partial charge in [0.25, 0.3) is 6.47 Å². The molecule has 5 heteroatoms. The zero-order valence-electron chi connectivity index (χ0n) is 6.58. The number of unbranched alkanes of at least 4 members (excludes halogenated alkanes) is 1. The first kappa shape index (κ1) is 12.4. The van der Waals surface area contributed by atoms with E-state index in [1.165, 1.54) is 0 Å². The Balaban J connectivity index is 0. The first-order chi connectivity index (χ1) is 5.15. The predicted octanol–water partition coefficient (Wildman–Crippen LogP) is -0.0167. The minimum absolute atomic E-state index is 0.482. The summed E-state index contributed by atoms with van der Waals surface area (Å²) in [6.07, 6.45) is 2.05. The molecule has 0 heterocycles. The van der Waals surface area contributed by atoms with Gasteiger partial charge in [0.05, 0.1) is 6.61 Å². The normalized spacial score (nSPS) is 7.36. The molecular formula is C6H14N2O3. The van der Waals surface area contributed by atoms with Crippen molar-refractivity contribution in [1.82, 2.24) is 0 Å². The lowest BCUT2D eigenvalue weighted by molar-refractivity contribution is -0.128. The van der Waals surface area contributed by atoms with E-state index in [0.717, 1.165) is 12.8 Å². The first-order valence-electron chi connectivity index (χ1n) is 3.25. The van der Waals surface area contributed by atoms with Crippen molar-refractivity contribution in [3.05, 3.63) is 0 Å². The number of hydrogen-bond donors (Lipinski definition) is 2. The fourth-order valence-electron chi connectivity index (χ4n) is 0.276. The summed E-state index contributed by atoms with van der Waals surface area (Å²) in [7, 11) is 0. The topological polar surface area (TPSA) is 95.4 Å². The number of urea groups is 1.